The van der Waals surface area contributed by atoms with Gasteiger partial charge in [-0.1, -0.05) is 12.1 Å². The summed E-state index contributed by atoms with van der Waals surface area (Å²) in [5.74, 6) is 1.14. The number of halogens is 1. The number of hydrogen-bond donors (Lipinski definition) is 3. The van der Waals surface area contributed by atoms with Crippen molar-refractivity contribution in [2.75, 3.05) is 26.1 Å². The van der Waals surface area contributed by atoms with Crippen LogP contribution in [0.25, 0.3) is 0 Å². The van der Waals surface area contributed by atoms with Crippen molar-refractivity contribution >= 4 is 27.6 Å². The Bertz CT molecular complexity index is 694. The average molecular weight is 396 g/mol. The number of anilines is 1. The van der Waals surface area contributed by atoms with E-state index in [-0.39, 0.29) is 6.54 Å². The van der Waals surface area contributed by atoms with Gasteiger partial charge in [-0.05, 0) is 39.7 Å². The molecule has 0 saturated carbocycles. The van der Waals surface area contributed by atoms with E-state index in [1.54, 1.807) is 43.5 Å². The van der Waals surface area contributed by atoms with Gasteiger partial charge in [0, 0.05) is 12.6 Å². The van der Waals surface area contributed by atoms with E-state index in [1.807, 2.05) is 0 Å². The molecule has 1 atom stereocenters. The number of nitrogens with zero attached hydrogens (tertiary/aromatic N) is 1. The van der Waals surface area contributed by atoms with Gasteiger partial charge in [0.05, 0.1) is 26.0 Å². The maximum Gasteiger partial charge on any atom is 0.319 e. The molecule has 128 valence electrons. The number of aliphatic hydroxyl groups excluding tert-OH is 1. The minimum absolute atomic E-state index is 0.0688. The maximum atomic E-state index is 11.9. The topological polar surface area (TPSA) is 92.7 Å². The third-order valence-electron chi connectivity index (χ3n) is 3.24. The van der Waals surface area contributed by atoms with Gasteiger partial charge in [0.15, 0.2) is 0 Å². The fraction of sp³-hybridized carbons (Fsp3) is 0.250. The lowest BCUT2D eigenvalue weighted by Gasteiger charge is -2.14. The predicted molar refractivity (Wildman–Crippen MR) is 93.5 cm³/mol. The van der Waals surface area contributed by atoms with Crippen molar-refractivity contribution in [3.05, 3.63) is 46.6 Å². The zero-order chi connectivity index (χ0) is 17.5. The summed E-state index contributed by atoms with van der Waals surface area (Å²) in [6.07, 6.45) is -0.820. The van der Waals surface area contributed by atoms with Crippen LogP contribution < -0.4 is 20.1 Å². The summed E-state index contributed by atoms with van der Waals surface area (Å²) in [4.78, 5) is 16.0. The molecule has 0 aliphatic heterocycles. The van der Waals surface area contributed by atoms with E-state index in [4.69, 9.17) is 9.47 Å². The predicted octanol–water partition coefficient (Wildman–Crippen LogP) is 2.72. The molecule has 0 aliphatic rings. The van der Waals surface area contributed by atoms with Crippen LogP contribution in [-0.2, 0) is 0 Å². The van der Waals surface area contributed by atoms with Crippen molar-refractivity contribution in [3.63, 3.8) is 0 Å². The average Bonchev–Trinajstić information content (AvgIpc) is 2.61. The Morgan fingerprint density at radius 2 is 1.92 bits per heavy atom. The molecule has 0 spiro atoms. The van der Waals surface area contributed by atoms with Crippen molar-refractivity contribution in [1.29, 1.82) is 0 Å². The van der Waals surface area contributed by atoms with Crippen LogP contribution in [0.15, 0.2) is 41.0 Å². The number of amides is 2. The number of methoxy groups -OCH3 is 2. The second-order valence-corrected chi connectivity index (χ2v) is 5.57. The lowest BCUT2D eigenvalue weighted by Crippen LogP contribution is -2.32. The molecule has 2 amide bonds. The van der Waals surface area contributed by atoms with Gasteiger partial charge >= 0.3 is 6.03 Å². The van der Waals surface area contributed by atoms with Crippen LogP contribution in [0, 0.1) is 0 Å². The Kier molecular flexibility index (Phi) is 6.39. The highest BCUT2D eigenvalue weighted by Gasteiger charge is 2.11. The molecular weight excluding hydrogens is 378 g/mol. The van der Waals surface area contributed by atoms with Crippen molar-refractivity contribution in [3.8, 4) is 11.6 Å². The standard InChI is InChI=1S/C16H18BrN3O4/c1-23-11-5-3-10(4-6-11)13(21)9-18-16(22)19-12-7-8-14(24-2)20-15(12)17/h3-8,13,21H,9H2,1-2H3,(H2,18,19,22)/t13-/m1/s1. The first kappa shape index (κ1) is 18.0. The maximum absolute atomic E-state index is 11.9. The number of benzene rings is 1. The third kappa shape index (κ3) is 4.84. The van der Waals surface area contributed by atoms with Gasteiger partial charge in [0.2, 0.25) is 5.88 Å². The molecule has 2 aromatic rings. The monoisotopic (exact) mass is 395 g/mol. The van der Waals surface area contributed by atoms with Gasteiger partial charge in [-0.15, -0.1) is 0 Å². The number of aliphatic hydroxyl groups is 1. The highest BCUT2D eigenvalue weighted by atomic mass is 79.9. The molecule has 0 unspecified atom stereocenters. The first-order valence-corrected chi connectivity index (χ1v) is 7.90. The van der Waals surface area contributed by atoms with Crippen LogP contribution in [0.2, 0.25) is 0 Å². The Morgan fingerprint density at radius 1 is 1.21 bits per heavy atom. The molecule has 8 heteroatoms. The number of carbonyl (C=O) groups excluding carboxylic acids is 1. The third-order valence-corrected chi connectivity index (χ3v) is 3.84. The molecule has 24 heavy (non-hydrogen) atoms. The molecular formula is C16H18BrN3O4. The van der Waals surface area contributed by atoms with Gasteiger partial charge < -0.3 is 25.2 Å². The molecule has 0 aliphatic carbocycles. The number of urea groups is 1. The summed E-state index contributed by atoms with van der Waals surface area (Å²) in [5.41, 5.74) is 1.18. The zero-order valence-electron chi connectivity index (χ0n) is 13.2. The van der Waals surface area contributed by atoms with E-state index in [0.29, 0.717) is 27.5 Å². The second kappa shape index (κ2) is 8.51. The van der Waals surface area contributed by atoms with E-state index < -0.39 is 12.1 Å². The SMILES string of the molecule is COc1ccc([C@H](O)CNC(=O)Nc2ccc(OC)nc2Br)cc1. The van der Waals surface area contributed by atoms with E-state index in [0.717, 1.165) is 0 Å². The number of rotatable bonds is 6. The summed E-state index contributed by atoms with van der Waals surface area (Å²) in [5, 5.41) is 15.3. The first-order valence-electron chi connectivity index (χ1n) is 7.11. The van der Waals surface area contributed by atoms with Crippen LogP contribution in [0.3, 0.4) is 0 Å². The first-order chi connectivity index (χ1) is 11.5. The van der Waals surface area contributed by atoms with Gasteiger partial charge in [-0.3, -0.25) is 0 Å². The number of aromatic nitrogens is 1. The van der Waals surface area contributed by atoms with Crippen molar-refractivity contribution in [1.82, 2.24) is 10.3 Å². The number of carbonyl (C=O) groups is 1. The zero-order valence-corrected chi connectivity index (χ0v) is 14.8. The Morgan fingerprint density at radius 3 is 2.50 bits per heavy atom. The molecule has 0 saturated heterocycles. The minimum Gasteiger partial charge on any atom is -0.497 e. The van der Waals surface area contributed by atoms with Crippen LogP contribution in [-0.4, -0.2) is 36.9 Å². The van der Waals surface area contributed by atoms with Gasteiger partial charge in [0.1, 0.15) is 10.4 Å². The van der Waals surface area contributed by atoms with Crippen LogP contribution in [0.5, 0.6) is 11.6 Å². The normalized spacial score (nSPS) is 11.5. The smallest absolute Gasteiger partial charge is 0.319 e. The molecule has 1 heterocycles. The van der Waals surface area contributed by atoms with E-state index in [2.05, 4.69) is 31.5 Å². The second-order valence-electron chi connectivity index (χ2n) is 4.82. The molecule has 3 N–H and O–H groups in total. The molecule has 7 nitrogen and oxygen atoms in total. The van der Waals surface area contributed by atoms with Crippen molar-refractivity contribution in [2.45, 2.75) is 6.10 Å². The molecule has 0 bridgehead atoms. The van der Waals surface area contributed by atoms with E-state index in [1.165, 1.54) is 7.11 Å². The summed E-state index contributed by atoms with van der Waals surface area (Å²) in [6.45, 7) is 0.0688. The highest BCUT2D eigenvalue weighted by Crippen LogP contribution is 2.23. The summed E-state index contributed by atoms with van der Waals surface area (Å²) in [7, 11) is 3.08. The van der Waals surface area contributed by atoms with Crippen LogP contribution >= 0.6 is 15.9 Å². The summed E-state index contributed by atoms with van der Waals surface area (Å²) < 4.78 is 10.5. The van der Waals surface area contributed by atoms with Crippen LogP contribution in [0.1, 0.15) is 11.7 Å². The van der Waals surface area contributed by atoms with Gasteiger partial charge in [0.25, 0.3) is 0 Å². The Balaban J connectivity index is 1.88. The number of ether oxygens (including phenoxy) is 2. The van der Waals surface area contributed by atoms with Crippen LogP contribution in [0.4, 0.5) is 10.5 Å². The van der Waals surface area contributed by atoms with Crippen molar-refractivity contribution < 1.29 is 19.4 Å². The molecule has 0 radical (unpaired) electrons. The molecule has 1 aromatic heterocycles. The van der Waals surface area contributed by atoms with Gasteiger partial charge in [-0.2, -0.15) is 0 Å². The Hall–Kier alpha value is -2.32. The fourth-order valence-electron chi connectivity index (χ4n) is 1.92. The molecule has 2 rings (SSSR count). The molecule has 0 fully saturated rings. The van der Waals surface area contributed by atoms with E-state index >= 15 is 0 Å². The van der Waals surface area contributed by atoms with Gasteiger partial charge in [-0.25, -0.2) is 9.78 Å². The van der Waals surface area contributed by atoms with E-state index in [9.17, 15) is 9.90 Å². The quantitative estimate of drug-likeness (QED) is 0.653. The fourth-order valence-corrected chi connectivity index (χ4v) is 2.33. The lowest BCUT2D eigenvalue weighted by atomic mass is 10.1. The number of pyridine rings is 1. The van der Waals surface area contributed by atoms with Crippen molar-refractivity contribution in [2.24, 2.45) is 0 Å². The minimum atomic E-state index is -0.820. The molecule has 1 aromatic carbocycles. The summed E-state index contributed by atoms with van der Waals surface area (Å²) in [6, 6.07) is 9.83. The lowest BCUT2D eigenvalue weighted by molar-refractivity contribution is 0.175. The number of nitrogens with one attached hydrogen (secondary N) is 2. The Labute approximate surface area is 148 Å². The highest BCUT2D eigenvalue weighted by molar-refractivity contribution is 9.10. The largest absolute Gasteiger partial charge is 0.497 e. The number of hydrogen-bond acceptors (Lipinski definition) is 5. The summed E-state index contributed by atoms with van der Waals surface area (Å²) >= 11 is 3.25.